The molecule has 0 saturated heterocycles. The summed E-state index contributed by atoms with van der Waals surface area (Å²) >= 11 is 0. The van der Waals surface area contributed by atoms with Crippen LogP contribution in [0.5, 0.6) is 0 Å². The predicted octanol–water partition coefficient (Wildman–Crippen LogP) is 5.25. The first kappa shape index (κ1) is 34.5. The summed E-state index contributed by atoms with van der Waals surface area (Å²) in [4.78, 5) is 40.0. The van der Waals surface area contributed by atoms with E-state index in [-0.39, 0.29) is 34.7 Å². The number of ether oxygens (including phenoxy) is 1. The van der Waals surface area contributed by atoms with Crippen LogP contribution in [-0.2, 0) is 32.3 Å². The Morgan fingerprint density at radius 2 is 1.72 bits per heavy atom. The lowest BCUT2D eigenvalue weighted by Gasteiger charge is -2.20. The Hall–Kier alpha value is -4.39. The van der Waals surface area contributed by atoms with Crippen LogP contribution in [0.15, 0.2) is 70.5 Å². The Labute approximate surface area is 273 Å². The Morgan fingerprint density at radius 1 is 1.02 bits per heavy atom. The third-order valence-corrected chi connectivity index (χ3v) is 10.3. The van der Waals surface area contributed by atoms with E-state index in [1.165, 1.54) is 6.07 Å². The number of carboxylic acid groups (broad SMARTS) is 1. The summed E-state index contributed by atoms with van der Waals surface area (Å²) < 4.78 is 31.0. The summed E-state index contributed by atoms with van der Waals surface area (Å²) in [6.07, 6.45) is 2.64. The Morgan fingerprint density at radius 3 is 2.37 bits per heavy atom. The molecule has 0 spiro atoms. The number of amides is 1. The van der Waals surface area contributed by atoms with Gasteiger partial charge in [-0.15, -0.1) is 12.4 Å². The van der Waals surface area contributed by atoms with E-state index in [9.17, 15) is 27.9 Å². The van der Waals surface area contributed by atoms with Gasteiger partial charge in [0.05, 0.1) is 16.8 Å². The zero-order chi connectivity index (χ0) is 32.3. The van der Waals surface area contributed by atoms with Crippen LogP contribution >= 0.6 is 12.4 Å². The number of sulfone groups is 1. The molecule has 1 aliphatic carbocycles. The number of aliphatic carboxylic acids is 1. The van der Waals surface area contributed by atoms with Gasteiger partial charge in [0, 0.05) is 35.9 Å². The van der Waals surface area contributed by atoms with E-state index in [4.69, 9.17) is 4.74 Å². The molecule has 1 unspecified atom stereocenters. The molecule has 1 fully saturated rings. The molecule has 0 bridgehead atoms. The van der Waals surface area contributed by atoms with Crippen molar-refractivity contribution in [2.75, 3.05) is 24.3 Å². The molecule has 5 rings (SSSR count). The van der Waals surface area contributed by atoms with Gasteiger partial charge in [-0.25, -0.2) is 18.0 Å². The quantitative estimate of drug-likeness (QED) is 0.135. The summed E-state index contributed by atoms with van der Waals surface area (Å²) in [6, 6.07) is 14.2. The third kappa shape index (κ3) is 7.69. The Kier molecular flexibility index (Phi) is 10.8. The highest BCUT2D eigenvalue weighted by Gasteiger charge is 2.38. The van der Waals surface area contributed by atoms with Crippen LogP contribution in [0.4, 0.5) is 16.2 Å². The number of aryl methyl sites for hydroxylation is 2. The number of hydrogen-bond donors (Lipinski definition) is 5. The van der Waals surface area contributed by atoms with Crippen LogP contribution in [0.2, 0.25) is 0 Å². The smallest absolute Gasteiger partial charge is 0.411 e. The van der Waals surface area contributed by atoms with Crippen LogP contribution < -0.4 is 21.5 Å². The molecule has 0 aliphatic heterocycles. The van der Waals surface area contributed by atoms with E-state index >= 15 is 0 Å². The molecule has 1 saturated carbocycles. The highest BCUT2D eigenvalue weighted by Crippen LogP contribution is 2.35. The highest BCUT2D eigenvalue weighted by molar-refractivity contribution is 7.92. The maximum atomic E-state index is 12.8. The molecule has 4 aromatic rings. The summed E-state index contributed by atoms with van der Waals surface area (Å²) in [7, 11) is -1.66. The van der Waals surface area contributed by atoms with Gasteiger partial charge in [0.2, 0.25) is 0 Å². The molecule has 1 amide bonds. The van der Waals surface area contributed by atoms with Crippen molar-refractivity contribution in [3.8, 4) is 0 Å². The fraction of sp³-hybridized carbons (Fsp3) is 0.303. The van der Waals surface area contributed by atoms with Crippen molar-refractivity contribution in [3.05, 3.63) is 99.0 Å². The topological polar surface area (TPSA) is 167 Å². The number of rotatable bonds is 12. The number of aromatic amines is 1. The number of halogens is 1. The molecule has 1 heterocycles. The fourth-order valence-electron chi connectivity index (χ4n) is 5.54. The number of pyridine rings is 1. The molecular formula is C33H37ClN4O7S. The van der Waals surface area contributed by atoms with Crippen molar-refractivity contribution in [1.29, 1.82) is 0 Å². The maximum Gasteiger partial charge on any atom is 0.411 e. The molecule has 1 aliphatic rings. The number of H-pyrrole nitrogens is 1. The van der Waals surface area contributed by atoms with E-state index in [1.807, 2.05) is 13.8 Å². The van der Waals surface area contributed by atoms with E-state index in [1.54, 1.807) is 61.8 Å². The van der Waals surface area contributed by atoms with Crippen LogP contribution in [0.1, 0.15) is 46.7 Å². The van der Waals surface area contributed by atoms with Crippen molar-refractivity contribution < 1.29 is 27.9 Å². The van der Waals surface area contributed by atoms with Gasteiger partial charge >= 0.3 is 12.1 Å². The number of carbonyl (C=O) groups excluding carboxylic acids is 1. The van der Waals surface area contributed by atoms with Gasteiger partial charge in [-0.1, -0.05) is 18.2 Å². The molecule has 11 nitrogen and oxygen atoms in total. The molecular weight excluding hydrogens is 632 g/mol. The second-order valence-corrected chi connectivity index (χ2v) is 13.5. The molecule has 13 heteroatoms. The fourth-order valence-corrected chi connectivity index (χ4v) is 7.41. The summed E-state index contributed by atoms with van der Waals surface area (Å²) in [6.45, 7) is 4.17. The SMILES string of the molecule is CNCc1cc(NC(=O)OCCc2c(C)cc(C(Nc3ccc4cc[nH]c(=O)c4c3)C(=O)O)cc2C)ccc1S(=O)(=O)C1CC1.Cl. The number of aromatic nitrogens is 1. The number of carboxylic acids is 1. The largest absolute Gasteiger partial charge is 0.479 e. The molecule has 3 aromatic carbocycles. The average Bonchev–Trinajstić information content (AvgIpc) is 3.84. The minimum atomic E-state index is -3.39. The second kappa shape index (κ2) is 14.4. The van der Waals surface area contributed by atoms with Crippen LogP contribution in [-0.4, -0.2) is 49.5 Å². The van der Waals surface area contributed by atoms with E-state index in [0.29, 0.717) is 53.7 Å². The lowest BCUT2D eigenvalue weighted by Crippen LogP contribution is -2.21. The molecule has 1 atom stereocenters. The zero-order valence-electron chi connectivity index (χ0n) is 25.7. The number of hydrogen-bond acceptors (Lipinski definition) is 8. The summed E-state index contributed by atoms with van der Waals surface area (Å²) in [5.41, 5.74) is 4.43. The van der Waals surface area contributed by atoms with Gasteiger partial charge in [0.1, 0.15) is 0 Å². The first-order chi connectivity index (χ1) is 21.5. The first-order valence-electron chi connectivity index (χ1n) is 14.6. The van der Waals surface area contributed by atoms with Gasteiger partial charge < -0.3 is 25.5 Å². The maximum absolute atomic E-state index is 12.8. The third-order valence-electron chi connectivity index (χ3n) is 7.91. The second-order valence-electron chi connectivity index (χ2n) is 11.3. The van der Waals surface area contributed by atoms with Crippen LogP contribution in [0.3, 0.4) is 0 Å². The van der Waals surface area contributed by atoms with Gasteiger partial charge in [-0.2, -0.15) is 0 Å². The van der Waals surface area contributed by atoms with Crippen molar-refractivity contribution >= 4 is 56.5 Å². The van der Waals surface area contributed by atoms with E-state index in [2.05, 4.69) is 20.9 Å². The van der Waals surface area contributed by atoms with Gasteiger partial charge in [-0.3, -0.25) is 10.1 Å². The summed E-state index contributed by atoms with van der Waals surface area (Å²) in [5.74, 6) is -1.07. The molecule has 5 N–H and O–H groups in total. The molecule has 46 heavy (non-hydrogen) atoms. The number of fused-ring (bicyclic) bond motifs is 1. The standard InChI is InChI=1S/C33H36N4O7S.ClH/c1-19-14-22(30(32(39)40)36-25-5-4-21-10-12-35-31(38)28(21)17-25)15-20(2)27(19)11-13-44-33(41)37-24-6-9-29(23(16-24)18-34-3)45(42,43)26-7-8-26;/h4-6,9-10,12,14-17,26,30,34,36H,7-8,11,13,18H2,1-3H3,(H,35,38)(H,37,41)(H,39,40);1H. The highest BCUT2D eigenvalue weighted by atomic mass is 35.5. The Balaban J connectivity index is 0.00000480. The van der Waals surface area contributed by atoms with Crippen molar-refractivity contribution in [3.63, 3.8) is 0 Å². The van der Waals surface area contributed by atoms with Crippen molar-refractivity contribution in [2.45, 2.75) is 55.8 Å². The van der Waals surface area contributed by atoms with Crippen LogP contribution in [0.25, 0.3) is 10.8 Å². The lowest BCUT2D eigenvalue weighted by atomic mass is 9.94. The number of anilines is 2. The molecule has 0 radical (unpaired) electrons. The number of nitrogens with one attached hydrogen (secondary N) is 4. The van der Waals surface area contributed by atoms with Gasteiger partial charge in [0.15, 0.2) is 15.9 Å². The average molecular weight is 669 g/mol. The van der Waals surface area contributed by atoms with Crippen LogP contribution in [0, 0.1) is 13.8 Å². The number of carbonyl (C=O) groups is 2. The van der Waals surface area contributed by atoms with E-state index in [0.717, 1.165) is 22.1 Å². The molecule has 244 valence electrons. The minimum Gasteiger partial charge on any atom is -0.479 e. The lowest BCUT2D eigenvalue weighted by molar-refractivity contribution is -0.138. The Bertz CT molecular complexity index is 1920. The van der Waals surface area contributed by atoms with Crippen molar-refractivity contribution in [1.82, 2.24) is 10.3 Å². The first-order valence-corrected chi connectivity index (χ1v) is 16.2. The number of benzene rings is 3. The van der Waals surface area contributed by atoms with Gasteiger partial charge in [-0.05, 0) is 103 Å². The van der Waals surface area contributed by atoms with Gasteiger partial charge in [0.25, 0.3) is 5.56 Å². The predicted molar refractivity (Wildman–Crippen MR) is 180 cm³/mol. The normalized spacial score (nSPS) is 13.5. The molecule has 1 aromatic heterocycles. The summed E-state index contributed by atoms with van der Waals surface area (Å²) in [5, 5.41) is 19.6. The van der Waals surface area contributed by atoms with Crippen molar-refractivity contribution in [2.24, 2.45) is 0 Å². The minimum absolute atomic E-state index is 0. The monoisotopic (exact) mass is 668 g/mol. The van der Waals surface area contributed by atoms with E-state index < -0.39 is 27.9 Å². The zero-order valence-corrected chi connectivity index (χ0v) is 27.3.